The molecule has 0 spiro atoms. The molecule has 1 heterocycles. The van der Waals surface area contributed by atoms with E-state index in [1.54, 1.807) is 6.20 Å². The summed E-state index contributed by atoms with van der Waals surface area (Å²) in [4.78, 5) is 19.1. The number of nitrogens with zero attached hydrogens (tertiary/aromatic N) is 2. The number of hydrogen-bond acceptors (Lipinski definition) is 3. The number of halogens is 1. The molecule has 110 valence electrons. The number of nitrogens with one attached hydrogen (secondary N) is 1. The van der Waals surface area contributed by atoms with E-state index in [0.717, 1.165) is 43.2 Å². The van der Waals surface area contributed by atoms with E-state index in [2.05, 4.69) is 40.1 Å². The third kappa shape index (κ3) is 3.72. The van der Waals surface area contributed by atoms with Gasteiger partial charge in [0.1, 0.15) is 5.82 Å². The smallest absolute Gasteiger partial charge is 0.257 e. The Morgan fingerprint density at radius 2 is 2.20 bits per heavy atom. The summed E-state index contributed by atoms with van der Waals surface area (Å²) in [5.41, 5.74) is 0.674. The lowest BCUT2D eigenvalue weighted by atomic mass is 10.2. The molecule has 0 aliphatic heterocycles. The monoisotopic (exact) mass is 339 g/mol. The summed E-state index contributed by atoms with van der Waals surface area (Å²) in [6.07, 6.45) is 5.99. The van der Waals surface area contributed by atoms with Crippen molar-refractivity contribution in [2.24, 2.45) is 0 Å². The topological polar surface area (TPSA) is 45.2 Å². The maximum atomic E-state index is 12.8. The van der Waals surface area contributed by atoms with Crippen molar-refractivity contribution in [3.05, 3.63) is 22.3 Å². The largest absolute Gasteiger partial charge is 0.369 e. The Labute approximate surface area is 129 Å². The highest BCUT2D eigenvalue weighted by Crippen LogP contribution is 2.30. The zero-order valence-electron chi connectivity index (χ0n) is 12.2. The zero-order valence-corrected chi connectivity index (χ0v) is 13.7. The second-order valence-electron chi connectivity index (χ2n) is 5.21. The van der Waals surface area contributed by atoms with Crippen molar-refractivity contribution in [2.45, 2.75) is 45.6 Å². The SMILES string of the molecule is CCCNc1ncc(Br)cc1C(=O)N(CCC)C1CC1. The summed E-state index contributed by atoms with van der Waals surface area (Å²) in [5.74, 6) is 0.795. The van der Waals surface area contributed by atoms with Gasteiger partial charge in [-0.3, -0.25) is 4.79 Å². The fourth-order valence-electron chi connectivity index (χ4n) is 2.22. The minimum absolute atomic E-state index is 0.0988. The fourth-order valence-corrected chi connectivity index (χ4v) is 2.55. The third-order valence-corrected chi connectivity index (χ3v) is 3.77. The molecule has 5 heteroatoms. The molecular weight excluding hydrogens is 318 g/mol. The van der Waals surface area contributed by atoms with E-state index >= 15 is 0 Å². The summed E-state index contributed by atoms with van der Waals surface area (Å²) in [5, 5.41) is 3.25. The summed E-state index contributed by atoms with van der Waals surface area (Å²) < 4.78 is 0.843. The molecule has 20 heavy (non-hydrogen) atoms. The molecule has 1 aliphatic carbocycles. The van der Waals surface area contributed by atoms with Gasteiger partial charge in [-0.25, -0.2) is 4.98 Å². The molecule has 0 aromatic carbocycles. The number of rotatable bonds is 7. The van der Waals surface area contributed by atoms with Gasteiger partial charge in [0.2, 0.25) is 0 Å². The van der Waals surface area contributed by atoms with Gasteiger partial charge in [-0.15, -0.1) is 0 Å². The highest BCUT2D eigenvalue weighted by atomic mass is 79.9. The molecule has 4 nitrogen and oxygen atoms in total. The molecule has 1 aromatic rings. The number of carbonyl (C=O) groups is 1. The van der Waals surface area contributed by atoms with Gasteiger partial charge in [0.15, 0.2) is 0 Å². The van der Waals surface area contributed by atoms with Crippen LogP contribution in [0, 0.1) is 0 Å². The predicted molar refractivity (Wildman–Crippen MR) is 85.1 cm³/mol. The second-order valence-corrected chi connectivity index (χ2v) is 6.12. The Kier molecular flexibility index (Phi) is 5.40. The lowest BCUT2D eigenvalue weighted by molar-refractivity contribution is 0.0743. The summed E-state index contributed by atoms with van der Waals surface area (Å²) in [7, 11) is 0. The van der Waals surface area contributed by atoms with E-state index in [1.807, 2.05) is 11.0 Å². The quantitative estimate of drug-likeness (QED) is 0.824. The van der Waals surface area contributed by atoms with Gasteiger partial charge in [0.05, 0.1) is 5.56 Å². The molecule has 0 unspecified atom stereocenters. The van der Waals surface area contributed by atoms with Crippen LogP contribution in [0.2, 0.25) is 0 Å². The van der Waals surface area contributed by atoms with Gasteiger partial charge in [-0.1, -0.05) is 13.8 Å². The number of carbonyl (C=O) groups excluding carboxylic acids is 1. The van der Waals surface area contributed by atoms with Gasteiger partial charge in [0, 0.05) is 29.8 Å². The van der Waals surface area contributed by atoms with Crippen LogP contribution >= 0.6 is 15.9 Å². The Morgan fingerprint density at radius 3 is 2.80 bits per heavy atom. The Morgan fingerprint density at radius 1 is 1.45 bits per heavy atom. The molecule has 1 amide bonds. The lowest BCUT2D eigenvalue weighted by Crippen LogP contribution is -2.34. The highest BCUT2D eigenvalue weighted by molar-refractivity contribution is 9.10. The number of anilines is 1. The Hall–Kier alpha value is -1.10. The first kappa shape index (κ1) is 15.3. The fraction of sp³-hybridized carbons (Fsp3) is 0.600. The number of hydrogen-bond donors (Lipinski definition) is 1. The molecule has 1 fully saturated rings. The van der Waals surface area contributed by atoms with Gasteiger partial charge in [0.25, 0.3) is 5.91 Å². The van der Waals surface area contributed by atoms with Gasteiger partial charge in [-0.05, 0) is 47.7 Å². The van der Waals surface area contributed by atoms with Crippen molar-refractivity contribution in [3.63, 3.8) is 0 Å². The van der Waals surface area contributed by atoms with Gasteiger partial charge < -0.3 is 10.2 Å². The molecule has 1 saturated carbocycles. The Balaban J connectivity index is 2.23. The molecule has 0 radical (unpaired) electrons. The van der Waals surface area contributed by atoms with Crippen molar-refractivity contribution < 1.29 is 4.79 Å². The van der Waals surface area contributed by atoms with Gasteiger partial charge in [-0.2, -0.15) is 0 Å². The maximum Gasteiger partial charge on any atom is 0.257 e. The van der Waals surface area contributed by atoms with E-state index in [-0.39, 0.29) is 5.91 Å². The van der Waals surface area contributed by atoms with Crippen molar-refractivity contribution in [1.82, 2.24) is 9.88 Å². The highest BCUT2D eigenvalue weighted by Gasteiger charge is 2.33. The van der Waals surface area contributed by atoms with Crippen LogP contribution in [-0.2, 0) is 0 Å². The van der Waals surface area contributed by atoms with Crippen molar-refractivity contribution in [2.75, 3.05) is 18.4 Å². The van der Waals surface area contributed by atoms with Crippen molar-refractivity contribution in [3.8, 4) is 0 Å². The molecule has 1 N–H and O–H groups in total. The molecule has 0 bridgehead atoms. The van der Waals surface area contributed by atoms with Crippen LogP contribution in [0.15, 0.2) is 16.7 Å². The Bertz CT molecular complexity index is 474. The summed E-state index contributed by atoms with van der Waals surface area (Å²) in [6, 6.07) is 2.30. The number of aromatic nitrogens is 1. The van der Waals surface area contributed by atoms with Gasteiger partial charge >= 0.3 is 0 Å². The van der Waals surface area contributed by atoms with Crippen LogP contribution in [0.5, 0.6) is 0 Å². The van der Waals surface area contributed by atoms with E-state index in [4.69, 9.17) is 0 Å². The second kappa shape index (κ2) is 7.07. The first-order valence-corrected chi connectivity index (χ1v) is 8.17. The summed E-state index contributed by atoms with van der Waals surface area (Å²) >= 11 is 3.41. The van der Waals surface area contributed by atoms with E-state index in [9.17, 15) is 4.79 Å². The molecule has 2 rings (SSSR count). The molecule has 1 aromatic heterocycles. The van der Waals surface area contributed by atoms with E-state index in [1.165, 1.54) is 0 Å². The van der Waals surface area contributed by atoms with Crippen LogP contribution in [-0.4, -0.2) is 34.9 Å². The lowest BCUT2D eigenvalue weighted by Gasteiger charge is -2.23. The van der Waals surface area contributed by atoms with Crippen LogP contribution < -0.4 is 5.32 Å². The van der Waals surface area contributed by atoms with Crippen molar-refractivity contribution >= 4 is 27.7 Å². The third-order valence-electron chi connectivity index (χ3n) is 3.34. The predicted octanol–water partition coefficient (Wildman–Crippen LogP) is 3.68. The molecular formula is C15H22BrN3O. The minimum atomic E-state index is 0.0988. The summed E-state index contributed by atoms with van der Waals surface area (Å²) in [6.45, 7) is 5.86. The van der Waals surface area contributed by atoms with Crippen LogP contribution in [0.4, 0.5) is 5.82 Å². The molecule has 1 aliphatic rings. The van der Waals surface area contributed by atoms with E-state index in [0.29, 0.717) is 17.4 Å². The molecule has 0 saturated heterocycles. The van der Waals surface area contributed by atoms with Crippen LogP contribution in [0.25, 0.3) is 0 Å². The van der Waals surface area contributed by atoms with Crippen molar-refractivity contribution in [1.29, 1.82) is 0 Å². The standard InChI is InChI=1S/C15H22BrN3O/c1-3-7-17-14-13(9-11(16)10-18-14)15(20)19(8-4-2)12-5-6-12/h9-10,12H,3-8H2,1-2H3,(H,17,18). The number of amides is 1. The normalized spacial score (nSPS) is 14.2. The van der Waals surface area contributed by atoms with E-state index < -0.39 is 0 Å². The van der Waals surface area contributed by atoms with Crippen LogP contribution in [0.1, 0.15) is 49.9 Å². The average molecular weight is 340 g/mol. The number of pyridine rings is 1. The average Bonchev–Trinajstić information content (AvgIpc) is 3.27. The first-order chi connectivity index (χ1) is 9.67. The first-order valence-electron chi connectivity index (χ1n) is 7.37. The zero-order chi connectivity index (χ0) is 14.5. The molecule has 0 atom stereocenters. The van der Waals surface area contributed by atoms with Crippen LogP contribution in [0.3, 0.4) is 0 Å². The minimum Gasteiger partial charge on any atom is -0.369 e. The maximum absolute atomic E-state index is 12.8.